The molecule has 1 aliphatic heterocycles. The van der Waals surface area contributed by atoms with E-state index < -0.39 is 5.97 Å². The summed E-state index contributed by atoms with van der Waals surface area (Å²) >= 11 is 6.35. The first-order chi connectivity index (χ1) is 11.0. The van der Waals surface area contributed by atoms with Crippen LogP contribution in [0, 0.1) is 0 Å². The van der Waals surface area contributed by atoms with Gasteiger partial charge in [-0.3, -0.25) is 14.5 Å². The summed E-state index contributed by atoms with van der Waals surface area (Å²) in [4.78, 5) is 25.7. The second kappa shape index (κ2) is 8.08. The molecule has 1 heterocycles. The van der Waals surface area contributed by atoms with Gasteiger partial charge in [0.05, 0.1) is 11.0 Å². The molecular weight excluding hydrogens is 330 g/mol. The third kappa shape index (κ3) is 5.04. The summed E-state index contributed by atoms with van der Waals surface area (Å²) in [7, 11) is 0. The van der Waals surface area contributed by atoms with Crippen LogP contribution >= 0.6 is 24.0 Å². The normalized spacial score (nSPS) is 16.8. The molecule has 1 saturated heterocycles. The van der Waals surface area contributed by atoms with Crippen LogP contribution in [0.4, 0.5) is 0 Å². The van der Waals surface area contributed by atoms with E-state index in [1.54, 1.807) is 26.0 Å². The Hall–Kier alpha value is -1.92. The number of allylic oxidation sites excluding steroid dienone is 2. The van der Waals surface area contributed by atoms with Gasteiger partial charge in [0.25, 0.3) is 5.91 Å². The predicted octanol–water partition coefficient (Wildman–Crippen LogP) is 3.40. The van der Waals surface area contributed by atoms with E-state index in [2.05, 4.69) is 0 Å². The van der Waals surface area contributed by atoms with Crippen molar-refractivity contribution in [2.24, 2.45) is 0 Å². The molecule has 1 fully saturated rings. The van der Waals surface area contributed by atoms with Crippen LogP contribution in [0.15, 0.2) is 47.4 Å². The highest BCUT2D eigenvalue weighted by molar-refractivity contribution is 8.26. The van der Waals surface area contributed by atoms with Crippen LogP contribution in [0.5, 0.6) is 0 Å². The molecule has 1 aromatic rings. The summed E-state index contributed by atoms with van der Waals surface area (Å²) in [6, 6.07) is 9.77. The Morgan fingerprint density at radius 2 is 2.04 bits per heavy atom. The standard InChI is InChI=1S/C17H17NO3S2/c1-12(2)21-15(19)11-18-16(20)14(23-17(18)22)10-6-9-13-7-4-3-5-8-13/h3-10,12H,11H2,1-2H3/b9-6+,14-10+. The third-order valence-corrected chi connectivity index (χ3v) is 4.26. The SMILES string of the molecule is CC(C)OC(=O)CN1C(=O)/C(=C\C=C\c2ccccc2)SC1=S. The van der Waals surface area contributed by atoms with Gasteiger partial charge in [0, 0.05) is 0 Å². The zero-order valence-electron chi connectivity index (χ0n) is 12.9. The molecule has 0 N–H and O–H groups in total. The molecule has 0 aromatic heterocycles. The van der Waals surface area contributed by atoms with E-state index in [4.69, 9.17) is 17.0 Å². The quantitative estimate of drug-likeness (QED) is 0.464. The van der Waals surface area contributed by atoms with E-state index in [1.165, 1.54) is 16.7 Å². The number of ether oxygens (including phenoxy) is 1. The number of amides is 1. The number of benzene rings is 1. The molecule has 2 rings (SSSR count). The van der Waals surface area contributed by atoms with Gasteiger partial charge in [-0.15, -0.1) is 0 Å². The molecule has 0 atom stereocenters. The second-order valence-corrected chi connectivity index (χ2v) is 6.77. The van der Waals surface area contributed by atoms with Crippen molar-refractivity contribution in [2.75, 3.05) is 6.54 Å². The van der Waals surface area contributed by atoms with E-state index in [0.717, 1.165) is 5.56 Å². The lowest BCUT2D eigenvalue weighted by Gasteiger charge is -2.14. The number of hydrogen-bond donors (Lipinski definition) is 0. The predicted molar refractivity (Wildman–Crippen MR) is 96.7 cm³/mol. The first-order valence-electron chi connectivity index (χ1n) is 7.14. The molecule has 0 aliphatic carbocycles. The van der Waals surface area contributed by atoms with Crippen LogP contribution in [0.1, 0.15) is 19.4 Å². The van der Waals surface area contributed by atoms with Gasteiger partial charge in [-0.05, 0) is 25.5 Å². The fraction of sp³-hybridized carbons (Fsp3) is 0.235. The van der Waals surface area contributed by atoms with Crippen molar-refractivity contribution in [3.63, 3.8) is 0 Å². The number of thioether (sulfide) groups is 1. The Morgan fingerprint density at radius 1 is 1.35 bits per heavy atom. The number of carbonyl (C=O) groups is 2. The zero-order chi connectivity index (χ0) is 16.8. The van der Waals surface area contributed by atoms with E-state index in [-0.39, 0.29) is 18.6 Å². The van der Waals surface area contributed by atoms with Crippen molar-refractivity contribution in [3.05, 3.63) is 53.0 Å². The minimum absolute atomic E-state index is 0.150. The van der Waals surface area contributed by atoms with Crippen molar-refractivity contribution in [2.45, 2.75) is 20.0 Å². The van der Waals surface area contributed by atoms with Crippen LogP contribution in [-0.4, -0.2) is 33.7 Å². The summed E-state index contributed by atoms with van der Waals surface area (Å²) in [5.74, 6) is -0.726. The minimum Gasteiger partial charge on any atom is -0.462 e. The molecule has 1 amide bonds. The van der Waals surface area contributed by atoms with Crippen LogP contribution < -0.4 is 0 Å². The Kier molecular flexibility index (Phi) is 6.12. The summed E-state index contributed by atoms with van der Waals surface area (Å²) < 4.78 is 5.42. The molecule has 120 valence electrons. The van der Waals surface area contributed by atoms with Crippen LogP contribution in [0.2, 0.25) is 0 Å². The maximum Gasteiger partial charge on any atom is 0.326 e. The molecule has 4 nitrogen and oxygen atoms in total. The van der Waals surface area contributed by atoms with Crippen LogP contribution in [-0.2, 0) is 14.3 Å². The lowest BCUT2D eigenvalue weighted by atomic mass is 10.2. The molecule has 0 radical (unpaired) electrons. The molecule has 0 unspecified atom stereocenters. The fourth-order valence-electron chi connectivity index (χ4n) is 1.89. The Labute approximate surface area is 145 Å². The van der Waals surface area contributed by atoms with Gasteiger partial charge in [0.1, 0.15) is 10.9 Å². The summed E-state index contributed by atoms with van der Waals surface area (Å²) in [6.07, 6.45) is 5.19. The first-order valence-corrected chi connectivity index (χ1v) is 8.36. The summed E-state index contributed by atoms with van der Waals surface area (Å²) in [6.45, 7) is 3.37. The molecule has 6 heteroatoms. The molecule has 1 aliphatic rings. The van der Waals surface area contributed by atoms with Gasteiger partial charge in [0.15, 0.2) is 0 Å². The van der Waals surface area contributed by atoms with Crippen LogP contribution in [0.25, 0.3) is 6.08 Å². The van der Waals surface area contributed by atoms with E-state index in [9.17, 15) is 9.59 Å². The molecule has 0 bridgehead atoms. The average molecular weight is 347 g/mol. The second-order valence-electron chi connectivity index (χ2n) is 5.10. The lowest BCUT2D eigenvalue weighted by Crippen LogP contribution is -2.35. The Bertz CT molecular complexity index is 666. The largest absolute Gasteiger partial charge is 0.462 e. The van der Waals surface area contributed by atoms with Crippen molar-refractivity contribution < 1.29 is 14.3 Å². The van der Waals surface area contributed by atoms with E-state index in [1.807, 2.05) is 36.4 Å². The number of thiocarbonyl (C=S) groups is 1. The maximum absolute atomic E-state index is 12.3. The molecular formula is C17H17NO3S2. The minimum atomic E-state index is -0.461. The van der Waals surface area contributed by atoms with Crippen molar-refractivity contribution in [1.29, 1.82) is 0 Å². The van der Waals surface area contributed by atoms with Gasteiger partial charge in [-0.25, -0.2) is 0 Å². The summed E-state index contributed by atoms with van der Waals surface area (Å²) in [5.41, 5.74) is 1.04. The van der Waals surface area contributed by atoms with Gasteiger partial charge < -0.3 is 4.74 Å². The average Bonchev–Trinajstić information content (AvgIpc) is 2.75. The first kappa shape index (κ1) is 17.4. The van der Waals surface area contributed by atoms with Gasteiger partial charge in [-0.1, -0.05) is 66.5 Å². The third-order valence-electron chi connectivity index (χ3n) is 2.86. The summed E-state index contributed by atoms with van der Waals surface area (Å²) in [5, 5.41) is 0. The molecule has 1 aromatic carbocycles. The maximum atomic E-state index is 12.3. The van der Waals surface area contributed by atoms with Gasteiger partial charge >= 0.3 is 5.97 Å². The Balaban J connectivity index is 2.01. The number of rotatable bonds is 5. The lowest BCUT2D eigenvalue weighted by molar-refractivity contribution is -0.149. The zero-order valence-corrected chi connectivity index (χ0v) is 14.5. The van der Waals surface area contributed by atoms with Gasteiger partial charge in [-0.2, -0.15) is 0 Å². The molecule has 0 saturated carbocycles. The van der Waals surface area contributed by atoms with E-state index in [0.29, 0.717) is 9.23 Å². The van der Waals surface area contributed by atoms with Crippen molar-refractivity contribution in [1.82, 2.24) is 4.90 Å². The van der Waals surface area contributed by atoms with Crippen molar-refractivity contribution >= 4 is 46.3 Å². The van der Waals surface area contributed by atoms with Gasteiger partial charge in [0.2, 0.25) is 0 Å². The Morgan fingerprint density at radius 3 is 2.70 bits per heavy atom. The smallest absolute Gasteiger partial charge is 0.326 e. The highest BCUT2D eigenvalue weighted by Crippen LogP contribution is 2.30. The number of carbonyl (C=O) groups excluding carboxylic acids is 2. The highest BCUT2D eigenvalue weighted by atomic mass is 32.2. The number of nitrogens with zero attached hydrogens (tertiary/aromatic N) is 1. The van der Waals surface area contributed by atoms with E-state index >= 15 is 0 Å². The number of hydrogen-bond acceptors (Lipinski definition) is 5. The fourth-order valence-corrected chi connectivity index (χ4v) is 3.10. The highest BCUT2D eigenvalue weighted by Gasteiger charge is 2.33. The monoisotopic (exact) mass is 347 g/mol. The van der Waals surface area contributed by atoms with Crippen LogP contribution in [0.3, 0.4) is 0 Å². The topological polar surface area (TPSA) is 46.6 Å². The molecule has 0 spiro atoms. The molecule has 23 heavy (non-hydrogen) atoms. The van der Waals surface area contributed by atoms with Crippen molar-refractivity contribution in [3.8, 4) is 0 Å². The number of esters is 1.